The van der Waals surface area contributed by atoms with E-state index in [2.05, 4.69) is 30.2 Å². The van der Waals surface area contributed by atoms with Crippen molar-refractivity contribution in [3.8, 4) is 0 Å². The number of ether oxygens (including phenoxy) is 1. The normalized spacial score (nSPS) is 12.8. The summed E-state index contributed by atoms with van der Waals surface area (Å²) in [6, 6.07) is 13.3. The molecule has 0 fully saturated rings. The standard InChI is InChI=1S/C31H45N3O4S/c1-7-8-9-10-13-20-34(29(36)26(21-39)33-30(37)38-31(4,5)6)27(24-18-16-22(2)17-19-24)28(35)32-25-15-12-11-14-23(25)3/h11-12,14-19,26-27,39H,7-10,13,20-21H2,1-6H3,(H,32,35)(H,33,37). The Balaban J connectivity index is 2.45. The quantitative estimate of drug-likeness (QED) is 0.192. The van der Waals surface area contributed by atoms with Crippen molar-refractivity contribution in [1.82, 2.24) is 10.2 Å². The topological polar surface area (TPSA) is 87.7 Å². The average Bonchev–Trinajstić information content (AvgIpc) is 2.87. The number of alkyl carbamates (subject to hydrolysis) is 1. The summed E-state index contributed by atoms with van der Waals surface area (Å²) in [6.07, 6.45) is 4.24. The molecule has 0 radical (unpaired) electrons. The van der Waals surface area contributed by atoms with E-state index in [1.807, 2.05) is 62.4 Å². The van der Waals surface area contributed by atoms with Gasteiger partial charge >= 0.3 is 6.09 Å². The molecule has 2 atom stereocenters. The van der Waals surface area contributed by atoms with Crippen molar-refractivity contribution in [1.29, 1.82) is 0 Å². The first-order valence-electron chi connectivity index (χ1n) is 13.8. The zero-order valence-corrected chi connectivity index (χ0v) is 25.1. The fraction of sp³-hybridized carbons (Fsp3) is 0.516. The molecule has 0 bridgehead atoms. The lowest BCUT2D eigenvalue weighted by molar-refractivity contribution is -0.140. The van der Waals surface area contributed by atoms with Crippen molar-refractivity contribution in [2.24, 2.45) is 0 Å². The molecule has 0 saturated carbocycles. The number of unbranched alkanes of at least 4 members (excludes halogenated alkanes) is 4. The van der Waals surface area contributed by atoms with Crippen molar-refractivity contribution in [3.05, 3.63) is 65.2 Å². The van der Waals surface area contributed by atoms with Crippen LogP contribution in [0.2, 0.25) is 0 Å². The molecule has 0 saturated heterocycles. The Kier molecular flexibility index (Phi) is 12.8. The minimum absolute atomic E-state index is 0.0600. The van der Waals surface area contributed by atoms with Crippen molar-refractivity contribution in [2.45, 2.75) is 91.3 Å². The molecule has 0 aliphatic rings. The summed E-state index contributed by atoms with van der Waals surface area (Å²) in [7, 11) is 0. The molecule has 3 amide bonds. The zero-order valence-electron chi connectivity index (χ0n) is 24.3. The maximum Gasteiger partial charge on any atom is 0.408 e. The number of carbonyl (C=O) groups excluding carboxylic acids is 3. The van der Waals surface area contributed by atoms with Crippen molar-refractivity contribution in [2.75, 3.05) is 17.6 Å². The maximum atomic E-state index is 14.0. The van der Waals surface area contributed by atoms with Crippen LogP contribution in [-0.4, -0.2) is 46.7 Å². The fourth-order valence-corrected chi connectivity index (χ4v) is 4.47. The van der Waals surface area contributed by atoms with E-state index in [1.54, 1.807) is 25.7 Å². The number of thiol groups is 1. The van der Waals surface area contributed by atoms with Gasteiger partial charge in [-0.25, -0.2) is 4.79 Å². The number of para-hydroxylation sites is 1. The van der Waals surface area contributed by atoms with E-state index in [9.17, 15) is 14.4 Å². The smallest absolute Gasteiger partial charge is 0.408 e. The Morgan fingerprint density at radius 2 is 1.59 bits per heavy atom. The van der Waals surface area contributed by atoms with Gasteiger partial charge in [0.1, 0.15) is 17.7 Å². The fourth-order valence-electron chi connectivity index (χ4n) is 4.22. The average molecular weight is 556 g/mol. The molecule has 0 spiro atoms. The lowest BCUT2D eigenvalue weighted by atomic mass is 10.0. The van der Waals surface area contributed by atoms with E-state index < -0.39 is 23.8 Å². The van der Waals surface area contributed by atoms with Crippen LogP contribution in [0, 0.1) is 13.8 Å². The molecule has 2 aromatic carbocycles. The van der Waals surface area contributed by atoms with Gasteiger partial charge in [0.2, 0.25) is 5.91 Å². The number of aryl methyl sites for hydroxylation is 2. The molecule has 8 heteroatoms. The molecule has 2 rings (SSSR count). The number of carbonyl (C=O) groups is 3. The molecular formula is C31H45N3O4S. The summed E-state index contributed by atoms with van der Waals surface area (Å²) < 4.78 is 5.39. The van der Waals surface area contributed by atoms with E-state index in [1.165, 1.54) is 0 Å². The number of nitrogens with zero attached hydrogens (tertiary/aromatic N) is 1. The summed E-state index contributed by atoms with van der Waals surface area (Å²) in [5.74, 6) is -0.633. The highest BCUT2D eigenvalue weighted by Crippen LogP contribution is 2.27. The lowest BCUT2D eigenvalue weighted by Crippen LogP contribution is -2.53. The summed E-state index contributed by atoms with van der Waals surface area (Å²) in [5, 5.41) is 5.70. The second kappa shape index (κ2) is 15.6. The number of hydrogen-bond acceptors (Lipinski definition) is 5. The Morgan fingerprint density at radius 1 is 0.949 bits per heavy atom. The summed E-state index contributed by atoms with van der Waals surface area (Å²) >= 11 is 4.37. The number of rotatable bonds is 13. The molecule has 7 nitrogen and oxygen atoms in total. The second-order valence-electron chi connectivity index (χ2n) is 10.9. The molecule has 214 valence electrons. The van der Waals surface area contributed by atoms with Gasteiger partial charge in [0.05, 0.1) is 0 Å². The van der Waals surface area contributed by atoms with Crippen LogP contribution in [0.5, 0.6) is 0 Å². The van der Waals surface area contributed by atoms with Gasteiger partial charge in [-0.3, -0.25) is 9.59 Å². The Labute approximate surface area is 239 Å². The van der Waals surface area contributed by atoms with E-state index in [-0.39, 0.29) is 17.6 Å². The number of hydrogen-bond donors (Lipinski definition) is 3. The van der Waals surface area contributed by atoms with Crippen LogP contribution >= 0.6 is 12.6 Å². The minimum atomic E-state index is -0.960. The second-order valence-corrected chi connectivity index (χ2v) is 11.3. The first-order chi connectivity index (χ1) is 18.5. The molecule has 0 aliphatic heterocycles. The van der Waals surface area contributed by atoms with Crippen LogP contribution in [0.25, 0.3) is 0 Å². The largest absolute Gasteiger partial charge is 0.444 e. The van der Waals surface area contributed by atoms with E-state index >= 15 is 0 Å². The van der Waals surface area contributed by atoms with Gasteiger partial charge in [-0.2, -0.15) is 12.6 Å². The van der Waals surface area contributed by atoms with Crippen molar-refractivity contribution >= 4 is 36.2 Å². The lowest BCUT2D eigenvalue weighted by Gasteiger charge is -2.34. The third-order valence-corrected chi connectivity index (χ3v) is 6.68. The van der Waals surface area contributed by atoms with E-state index in [0.717, 1.165) is 43.2 Å². The highest BCUT2D eigenvalue weighted by atomic mass is 32.1. The van der Waals surface area contributed by atoms with Crippen LogP contribution in [0.3, 0.4) is 0 Å². The number of nitrogens with one attached hydrogen (secondary N) is 2. The minimum Gasteiger partial charge on any atom is -0.444 e. The van der Waals surface area contributed by atoms with E-state index in [0.29, 0.717) is 17.8 Å². The third kappa shape index (κ3) is 10.6. The molecule has 0 aliphatic carbocycles. The highest BCUT2D eigenvalue weighted by Gasteiger charge is 2.35. The van der Waals surface area contributed by atoms with Gasteiger partial charge in [0.25, 0.3) is 5.91 Å². The summed E-state index contributed by atoms with van der Waals surface area (Å²) in [5.41, 5.74) is 2.64. The van der Waals surface area contributed by atoms with Crippen LogP contribution in [0.15, 0.2) is 48.5 Å². The van der Waals surface area contributed by atoms with Crippen LogP contribution < -0.4 is 10.6 Å². The van der Waals surface area contributed by atoms with Crippen LogP contribution in [-0.2, 0) is 14.3 Å². The van der Waals surface area contributed by atoms with Gasteiger partial charge in [-0.05, 0) is 58.2 Å². The van der Waals surface area contributed by atoms with Gasteiger partial charge in [0.15, 0.2) is 0 Å². The van der Waals surface area contributed by atoms with Gasteiger partial charge in [-0.1, -0.05) is 80.6 Å². The molecular weight excluding hydrogens is 510 g/mol. The molecule has 2 unspecified atom stereocenters. The van der Waals surface area contributed by atoms with Gasteiger partial charge in [-0.15, -0.1) is 0 Å². The maximum absolute atomic E-state index is 14.0. The zero-order chi connectivity index (χ0) is 29.0. The SMILES string of the molecule is CCCCCCCN(C(=O)C(CS)NC(=O)OC(C)(C)C)C(C(=O)Nc1ccccc1C)c1ccc(C)cc1. The third-order valence-electron chi connectivity index (χ3n) is 6.31. The van der Waals surface area contributed by atoms with Crippen LogP contribution in [0.1, 0.15) is 82.5 Å². The predicted octanol–water partition coefficient (Wildman–Crippen LogP) is 6.61. The Hall–Kier alpha value is -3.00. The first kappa shape index (κ1) is 32.2. The van der Waals surface area contributed by atoms with Crippen molar-refractivity contribution in [3.63, 3.8) is 0 Å². The summed E-state index contributed by atoms with van der Waals surface area (Å²) in [4.78, 5) is 42.1. The number of anilines is 1. The number of benzene rings is 2. The Morgan fingerprint density at radius 3 is 2.18 bits per heavy atom. The Bertz CT molecular complexity index is 1080. The molecule has 39 heavy (non-hydrogen) atoms. The van der Waals surface area contributed by atoms with Gasteiger partial charge < -0.3 is 20.3 Å². The monoisotopic (exact) mass is 555 g/mol. The number of amides is 3. The first-order valence-corrected chi connectivity index (χ1v) is 14.4. The van der Waals surface area contributed by atoms with E-state index in [4.69, 9.17) is 4.74 Å². The molecule has 2 aromatic rings. The molecule has 0 aromatic heterocycles. The van der Waals surface area contributed by atoms with Crippen molar-refractivity contribution < 1.29 is 19.1 Å². The summed E-state index contributed by atoms with van der Waals surface area (Å²) in [6.45, 7) is 11.7. The van der Waals surface area contributed by atoms with Gasteiger partial charge in [0, 0.05) is 18.0 Å². The molecule has 2 N–H and O–H groups in total. The predicted molar refractivity (Wildman–Crippen MR) is 161 cm³/mol. The van der Waals surface area contributed by atoms with Crippen LogP contribution in [0.4, 0.5) is 10.5 Å². The highest BCUT2D eigenvalue weighted by molar-refractivity contribution is 7.80. The molecule has 0 heterocycles.